The Hall–Kier alpha value is -0.240. The molecule has 0 saturated carbocycles. The third-order valence-corrected chi connectivity index (χ3v) is 6.57. The summed E-state index contributed by atoms with van der Waals surface area (Å²) in [6.45, 7) is 32.7. The molecule has 0 fully saturated rings. The minimum atomic E-state index is 0.0128. The van der Waals surface area contributed by atoms with Crippen molar-refractivity contribution in [2.45, 2.75) is 126 Å². The van der Waals surface area contributed by atoms with E-state index in [4.69, 9.17) is 18.9 Å². The van der Waals surface area contributed by atoms with Crippen molar-refractivity contribution in [1.29, 1.82) is 0 Å². The van der Waals surface area contributed by atoms with Crippen LogP contribution in [0.5, 0.6) is 0 Å². The van der Waals surface area contributed by atoms with Crippen LogP contribution in [0.1, 0.15) is 102 Å². The highest BCUT2D eigenvalue weighted by atomic mass is 16.5. The molecule has 0 aromatic carbocycles. The van der Waals surface area contributed by atoms with Crippen LogP contribution in [0.25, 0.3) is 0 Å². The second-order valence-corrected chi connectivity index (χ2v) is 13.5. The zero-order valence-corrected chi connectivity index (χ0v) is 25.6. The Bertz CT molecular complexity index is 524. The number of rotatable bonds is 20. The van der Waals surface area contributed by atoms with Crippen molar-refractivity contribution >= 4 is 0 Å². The first kappa shape index (κ1) is 34.8. The molecule has 0 saturated heterocycles. The van der Waals surface area contributed by atoms with E-state index in [1.165, 1.54) is 0 Å². The lowest BCUT2D eigenvalue weighted by molar-refractivity contribution is -0.0344. The molecule has 0 aromatic heterocycles. The van der Waals surface area contributed by atoms with Crippen molar-refractivity contribution in [1.82, 2.24) is 10.6 Å². The quantitative estimate of drug-likeness (QED) is 0.204. The maximum Gasteiger partial charge on any atom is 0.0598 e. The van der Waals surface area contributed by atoms with Crippen molar-refractivity contribution in [3.63, 3.8) is 0 Å². The molecule has 0 heterocycles. The highest BCUT2D eigenvalue weighted by Crippen LogP contribution is 2.33. The molecular formula is C29H62N2O4. The Kier molecular flexibility index (Phi) is 16.5. The van der Waals surface area contributed by atoms with Gasteiger partial charge in [-0.05, 0) is 78.6 Å². The molecule has 6 heteroatoms. The summed E-state index contributed by atoms with van der Waals surface area (Å²) in [7, 11) is 0. The molecule has 0 aromatic rings. The van der Waals surface area contributed by atoms with E-state index in [9.17, 15) is 0 Å². The van der Waals surface area contributed by atoms with Gasteiger partial charge in [0.15, 0.2) is 0 Å². The summed E-state index contributed by atoms with van der Waals surface area (Å²) in [5.74, 6) is 0. The predicted molar refractivity (Wildman–Crippen MR) is 149 cm³/mol. The number of hydrogen-bond acceptors (Lipinski definition) is 6. The van der Waals surface area contributed by atoms with Crippen LogP contribution >= 0.6 is 0 Å². The second-order valence-electron chi connectivity index (χ2n) is 13.5. The van der Waals surface area contributed by atoms with E-state index >= 15 is 0 Å². The van der Waals surface area contributed by atoms with Gasteiger partial charge in [0.05, 0.1) is 25.4 Å². The topological polar surface area (TPSA) is 61.0 Å². The second kappa shape index (κ2) is 16.6. The molecular weight excluding hydrogens is 440 g/mol. The van der Waals surface area contributed by atoms with E-state index in [2.05, 4.69) is 93.7 Å². The Morgan fingerprint density at radius 1 is 0.571 bits per heavy atom. The van der Waals surface area contributed by atoms with Gasteiger partial charge in [-0.2, -0.15) is 0 Å². The lowest BCUT2D eigenvalue weighted by Gasteiger charge is -2.39. The molecule has 2 N–H and O–H groups in total. The average molecular weight is 503 g/mol. The predicted octanol–water partition coefficient (Wildman–Crippen LogP) is 5.83. The van der Waals surface area contributed by atoms with Crippen molar-refractivity contribution in [3.05, 3.63) is 0 Å². The average Bonchev–Trinajstić information content (AvgIpc) is 2.69. The molecule has 0 spiro atoms. The van der Waals surface area contributed by atoms with Crippen molar-refractivity contribution < 1.29 is 18.9 Å². The fraction of sp³-hybridized carbons (Fsp3) is 1.00. The summed E-state index contributed by atoms with van der Waals surface area (Å²) in [4.78, 5) is 0. The summed E-state index contributed by atoms with van der Waals surface area (Å²) < 4.78 is 23.6. The SMILES string of the molecule is C[C@H](OCCCOCCNC(C)(C)C)C(C)(C)CC(C)(C)NCCOCCCO[C@H](C)C(C)(C)C. The Morgan fingerprint density at radius 3 is 1.49 bits per heavy atom. The molecule has 0 amide bonds. The third-order valence-electron chi connectivity index (χ3n) is 6.57. The normalized spacial score (nSPS) is 15.4. The Morgan fingerprint density at radius 2 is 1.03 bits per heavy atom. The summed E-state index contributed by atoms with van der Waals surface area (Å²) in [5, 5.41) is 7.10. The lowest BCUT2D eigenvalue weighted by atomic mass is 9.76. The molecule has 0 aliphatic rings. The summed E-state index contributed by atoms with van der Waals surface area (Å²) >= 11 is 0. The maximum atomic E-state index is 6.17. The van der Waals surface area contributed by atoms with Gasteiger partial charge in [-0.3, -0.25) is 0 Å². The molecule has 0 aliphatic carbocycles. The molecule has 0 unspecified atom stereocenters. The first-order chi connectivity index (χ1) is 16.0. The fourth-order valence-electron chi connectivity index (χ4n) is 3.83. The smallest absolute Gasteiger partial charge is 0.0598 e. The van der Waals surface area contributed by atoms with Crippen LogP contribution in [0.2, 0.25) is 0 Å². The zero-order chi connectivity index (χ0) is 27.2. The molecule has 0 aliphatic heterocycles. The number of ether oxygens (including phenoxy) is 4. The van der Waals surface area contributed by atoms with E-state index in [0.717, 1.165) is 72.0 Å². The molecule has 2 atom stereocenters. The number of hydrogen-bond donors (Lipinski definition) is 2. The zero-order valence-electron chi connectivity index (χ0n) is 25.6. The maximum absolute atomic E-state index is 6.17. The summed E-state index contributed by atoms with van der Waals surface area (Å²) in [5.41, 5.74) is 0.406. The van der Waals surface area contributed by atoms with Gasteiger partial charge in [0.25, 0.3) is 0 Å². The van der Waals surface area contributed by atoms with Crippen LogP contribution in [-0.4, -0.2) is 76.0 Å². The first-order valence-electron chi connectivity index (χ1n) is 13.8. The number of nitrogens with one attached hydrogen (secondary N) is 2. The van der Waals surface area contributed by atoms with Crippen molar-refractivity contribution in [2.24, 2.45) is 10.8 Å². The molecule has 6 nitrogen and oxygen atoms in total. The highest BCUT2D eigenvalue weighted by Gasteiger charge is 2.33. The molecule has 212 valence electrons. The minimum absolute atomic E-state index is 0.0128. The molecule has 0 radical (unpaired) electrons. The fourth-order valence-corrected chi connectivity index (χ4v) is 3.83. The van der Waals surface area contributed by atoms with Gasteiger partial charge in [0, 0.05) is 50.6 Å². The van der Waals surface area contributed by atoms with E-state index in [0.29, 0.717) is 0 Å². The largest absolute Gasteiger partial charge is 0.380 e. The van der Waals surface area contributed by atoms with Gasteiger partial charge in [-0.15, -0.1) is 0 Å². The first-order valence-corrected chi connectivity index (χ1v) is 13.8. The van der Waals surface area contributed by atoms with E-state index in [1.54, 1.807) is 0 Å². The standard InChI is InChI=1S/C29H62N2O4/c1-24(26(3,4)5)34-19-13-17-33-22-16-31-29(11,12)23-28(9,10)25(2)35-20-14-18-32-21-15-30-27(6,7)8/h24-25,30-31H,13-23H2,1-12H3/t24-,25+/m1/s1. The van der Waals surface area contributed by atoms with Crippen molar-refractivity contribution in [3.8, 4) is 0 Å². The van der Waals surface area contributed by atoms with Gasteiger partial charge in [-0.25, -0.2) is 0 Å². The minimum Gasteiger partial charge on any atom is -0.380 e. The van der Waals surface area contributed by atoms with Crippen LogP contribution < -0.4 is 10.6 Å². The Labute approximate surface area is 219 Å². The molecule has 0 bridgehead atoms. The van der Waals surface area contributed by atoms with Crippen LogP contribution in [0.3, 0.4) is 0 Å². The van der Waals surface area contributed by atoms with Crippen LogP contribution in [0.4, 0.5) is 0 Å². The molecule has 35 heavy (non-hydrogen) atoms. The van der Waals surface area contributed by atoms with Gasteiger partial charge in [-0.1, -0.05) is 34.6 Å². The Balaban J connectivity index is 3.95. The van der Waals surface area contributed by atoms with Gasteiger partial charge in [0.2, 0.25) is 0 Å². The summed E-state index contributed by atoms with van der Waals surface area (Å²) in [6, 6.07) is 0. The third kappa shape index (κ3) is 19.5. The van der Waals surface area contributed by atoms with Gasteiger partial charge in [0.1, 0.15) is 0 Å². The highest BCUT2D eigenvalue weighted by molar-refractivity contribution is 4.88. The van der Waals surface area contributed by atoms with E-state index in [-0.39, 0.29) is 34.1 Å². The lowest BCUT2D eigenvalue weighted by Crippen LogP contribution is -2.47. The molecule has 0 rings (SSSR count). The van der Waals surface area contributed by atoms with E-state index < -0.39 is 0 Å². The van der Waals surface area contributed by atoms with Crippen LogP contribution in [0.15, 0.2) is 0 Å². The summed E-state index contributed by atoms with van der Waals surface area (Å²) in [6.07, 6.45) is 3.32. The van der Waals surface area contributed by atoms with Gasteiger partial charge >= 0.3 is 0 Å². The van der Waals surface area contributed by atoms with Gasteiger partial charge < -0.3 is 29.6 Å². The van der Waals surface area contributed by atoms with E-state index in [1.807, 2.05) is 0 Å². The van der Waals surface area contributed by atoms with Crippen LogP contribution in [-0.2, 0) is 18.9 Å². The van der Waals surface area contributed by atoms with Crippen LogP contribution in [0, 0.1) is 10.8 Å². The monoisotopic (exact) mass is 502 g/mol. The van der Waals surface area contributed by atoms with Crippen molar-refractivity contribution in [2.75, 3.05) is 52.7 Å².